The molecule has 1 heterocycles. The van der Waals surface area contributed by atoms with Crippen LogP contribution in [0.15, 0.2) is 23.1 Å². The van der Waals surface area contributed by atoms with Crippen molar-refractivity contribution in [1.82, 2.24) is 4.31 Å². The third-order valence-corrected chi connectivity index (χ3v) is 4.69. The quantitative estimate of drug-likeness (QED) is 0.864. The van der Waals surface area contributed by atoms with Crippen LogP contribution in [0.2, 0.25) is 0 Å². The first-order chi connectivity index (χ1) is 8.55. The summed E-state index contributed by atoms with van der Waals surface area (Å²) in [5.41, 5.74) is -0.0238. The van der Waals surface area contributed by atoms with Crippen molar-refractivity contribution in [3.8, 4) is 0 Å². The lowest BCUT2D eigenvalue weighted by Gasteiger charge is -2.26. The van der Waals surface area contributed by atoms with Gasteiger partial charge in [-0.25, -0.2) is 12.8 Å². The molecule has 0 amide bonds. The van der Waals surface area contributed by atoms with Gasteiger partial charge in [-0.15, -0.1) is 0 Å². The molecule has 0 saturated carbocycles. The molecule has 1 aromatic carbocycles. The summed E-state index contributed by atoms with van der Waals surface area (Å²) in [4.78, 5) is -0.00477. The van der Waals surface area contributed by atoms with E-state index in [4.69, 9.17) is 9.84 Å². The average Bonchev–Trinajstić information content (AvgIpc) is 2.40. The molecule has 0 aliphatic carbocycles. The normalized spacial score (nSPS) is 17.9. The molecule has 0 bridgehead atoms. The number of hydrogen-bond acceptors (Lipinski definition) is 4. The minimum absolute atomic E-state index is 0.00477. The lowest BCUT2D eigenvalue weighted by atomic mass is 10.2. The second kappa shape index (κ2) is 5.31. The van der Waals surface area contributed by atoms with Gasteiger partial charge in [0.2, 0.25) is 10.0 Å². The molecule has 0 unspecified atom stereocenters. The number of benzene rings is 1. The van der Waals surface area contributed by atoms with Gasteiger partial charge in [-0.3, -0.25) is 0 Å². The van der Waals surface area contributed by atoms with E-state index in [-0.39, 0.29) is 23.5 Å². The van der Waals surface area contributed by atoms with E-state index >= 15 is 0 Å². The third-order valence-electron chi connectivity index (χ3n) is 2.80. The van der Waals surface area contributed by atoms with E-state index in [2.05, 4.69) is 0 Å². The highest BCUT2D eigenvalue weighted by Gasteiger charge is 2.26. The van der Waals surface area contributed by atoms with E-state index in [1.54, 1.807) is 0 Å². The fourth-order valence-electron chi connectivity index (χ4n) is 1.77. The minimum Gasteiger partial charge on any atom is -0.392 e. The lowest BCUT2D eigenvalue weighted by molar-refractivity contribution is 0.0730. The van der Waals surface area contributed by atoms with Gasteiger partial charge in [0.25, 0.3) is 0 Å². The van der Waals surface area contributed by atoms with E-state index in [9.17, 15) is 12.8 Å². The summed E-state index contributed by atoms with van der Waals surface area (Å²) < 4.78 is 44.1. The molecule has 1 aliphatic rings. The lowest BCUT2D eigenvalue weighted by Crippen LogP contribution is -2.40. The molecular weight excluding hydrogens is 261 g/mol. The van der Waals surface area contributed by atoms with Crippen molar-refractivity contribution in [2.75, 3.05) is 26.3 Å². The second-order valence-electron chi connectivity index (χ2n) is 3.93. The first-order valence-corrected chi connectivity index (χ1v) is 6.97. The van der Waals surface area contributed by atoms with Crippen molar-refractivity contribution in [1.29, 1.82) is 0 Å². The fraction of sp³-hybridized carbons (Fsp3) is 0.455. The number of aliphatic hydroxyl groups is 1. The molecule has 1 aromatic rings. The van der Waals surface area contributed by atoms with Crippen LogP contribution in [0, 0.1) is 5.82 Å². The van der Waals surface area contributed by atoms with Gasteiger partial charge in [-0.1, -0.05) is 0 Å². The fourth-order valence-corrected chi connectivity index (χ4v) is 3.23. The van der Waals surface area contributed by atoms with Crippen molar-refractivity contribution in [2.24, 2.45) is 0 Å². The van der Waals surface area contributed by atoms with Crippen molar-refractivity contribution >= 4 is 10.0 Å². The van der Waals surface area contributed by atoms with Crippen LogP contribution in [-0.4, -0.2) is 44.1 Å². The molecule has 5 nitrogen and oxygen atoms in total. The Labute approximate surface area is 105 Å². The van der Waals surface area contributed by atoms with Crippen LogP contribution in [0.4, 0.5) is 4.39 Å². The summed E-state index contributed by atoms with van der Waals surface area (Å²) in [6, 6.07) is 3.43. The van der Waals surface area contributed by atoms with Crippen molar-refractivity contribution in [2.45, 2.75) is 11.5 Å². The van der Waals surface area contributed by atoms with Crippen LogP contribution < -0.4 is 0 Å². The highest BCUT2D eigenvalue weighted by atomic mass is 32.2. The Hall–Kier alpha value is -1.02. The van der Waals surface area contributed by atoms with Crippen LogP contribution in [-0.2, 0) is 21.4 Å². The summed E-state index contributed by atoms with van der Waals surface area (Å²) >= 11 is 0. The van der Waals surface area contributed by atoms with Crippen LogP contribution in [0.3, 0.4) is 0 Å². The van der Waals surface area contributed by atoms with Crippen molar-refractivity contribution in [3.63, 3.8) is 0 Å². The largest absolute Gasteiger partial charge is 0.392 e. The number of ether oxygens (including phenoxy) is 1. The number of nitrogens with zero attached hydrogens (tertiary/aromatic N) is 1. The van der Waals surface area contributed by atoms with Gasteiger partial charge in [0, 0.05) is 18.7 Å². The monoisotopic (exact) mass is 275 g/mol. The second-order valence-corrected chi connectivity index (χ2v) is 5.87. The molecule has 1 fully saturated rings. The van der Waals surface area contributed by atoms with Gasteiger partial charge in [0.15, 0.2) is 0 Å². The molecule has 2 rings (SSSR count). The van der Waals surface area contributed by atoms with Crippen molar-refractivity contribution < 1.29 is 22.7 Å². The van der Waals surface area contributed by atoms with E-state index in [0.717, 1.165) is 6.07 Å². The molecule has 100 valence electrons. The minimum atomic E-state index is -3.64. The predicted molar refractivity (Wildman–Crippen MR) is 61.9 cm³/mol. The standard InChI is InChI=1S/C11H14FNO4S/c12-11-2-1-10(7-9(11)8-14)18(15,16)13-3-5-17-6-4-13/h1-2,7,14H,3-6,8H2. The summed E-state index contributed by atoms with van der Waals surface area (Å²) in [6.45, 7) is 0.751. The maximum absolute atomic E-state index is 13.2. The molecule has 0 spiro atoms. The molecule has 0 atom stereocenters. The van der Waals surface area contributed by atoms with E-state index in [1.807, 2.05) is 0 Å². The molecule has 7 heteroatoms. The van der Waals surface area contributed by atoms with E-state index < -0.39 is 22.4 Å². The molecule has 1 saturated heterocycles. The van der Waals surface area contributed by atoms with Gasteiger partial charge in [0.1, 0.15) is 5.82 Å². The van der Waals surface area contributed by atoms with Gasteiger partial charge in [0.05, 0.1) is 24.7 Å². The van der Waals surface area contributed by atoms with Crippen LogP contribution in [0.5, 0.6) is 0 Å². The zero-order valence-electron chi connectivity index (χ0n) is 9.67. The van der Waals surface area contributed by atoms with E-state index in [1.165, 1.54) is 16.4 Å². The molecular formula is C11H14FNO4S. The Morgan fingerprint density at radius 2 is 2.00 bits per heavy atom. The Kier molecular flexibility index (Phi) is 3.96. The summed E-state index contributed by atoms with van der Waals surface area (Å²) in [7, 11) is -3.64. The van der Waals surface area contributed by atoms with Crippen molar-refractivity contribution in [3.05, 3.63) is 29.6 Å². The molecule has 1 aliphatic heterocycles. The molecule has 18 heavy (non-hydrogen) atoms. The van der Waals surface area contributed by atoms with Gasteiger partial charge in [-0.05, 0) is 18.2 Å². The molecule has 1 N–H and O–H groups in total. The third kappa shape index (κ3) is 2.54. The van der Waals surface area contributed by atoms with Crippen LogP contribution in [0.1, 0.15) is 5.56 Å². The number of sulfonamides is 1. The Balaban J connectivity index is 2.34. The highest BCUT2D eigenvalue weighted by molar-refractivity contribution is 7.89. The number of aliphatic hydroxyl groups excluding tert-OH is 1. The zero-order chi connectivity index (χ0) is 13.2. The highest BCUT2D eigenvalue weighted by Crippen LogP contribution is 2.20. The number of halogens is 1. The van der Waals surface area contributed by atoms with Crippen LogP contribution >= 0.6 is 0 Å². The van der Waals surface area contributed by atoms with Crippen LogP contribution in [0.25, 0.3) is 0 Å². The first-order valence-electron chi connectivity index (χ1n) is 5.53. The Morgan fingerprint density at radius 1 is 1.33 bits per heavy atom. The summed E-state index contributed by atoms with van der Waals surface area (Å²) in [5, 5.41) is 8.95. The van der Waals surface area contributed by atoms with Gasteiger partial charge in [-0.2, -0.15) is 4.31 Å². The molecule has 0 radical (unpaired) electrons. The maximum atomic E-state index is 13.2. The van der Waals surface area contributed by atoms with Gasteiger partial charge >= 0.3 is 0 Å². The Morgan fingerprint density at radius 3 is 2.61 bits per heavy atom. The topological polar surface area (TPSA) is 66.8 Å². The van der Waals surface area contributed by atoms with Gasteiger partial charge < -0.3 is 9.84 Å². The average molecular weight is 275 g/mol. The zero-order valence-corrected chi connectivity index (χ0v) is 10.5. The predicted octanol–water partition coefficient (Wildman–Crippen LogP) is 0.339. The smallest absolute Gasteiger partial charge is 0.243 e. The SMILES string of the molecule is O=S(=O)(c1ccc(F)c(CO)c1)N1CCOCC1. The summed E-state index contributed by atoms with van der Waals surface area (Å²) in [6.07, 6.45) is 0. The van der Waals surface area contributed by atoms with E-state index in [0.29, 0.717) is 13.2 Å². The number of rotatable bonds is 3. The maximum Gasteiger partial charge on any atom is 0.243 e. The number of hydrogen-bond donors (Lipinski definition) is 1. The first kappa shape index (κ1) is 13.4. The Bertz CT molecular complexity index is 526. The number of morpholine rings is 1. The molecule has 0 aromatic heterocycles. The summed E-state index contributed by atoms with van der Waals surface area (Å²) in [5.74, 6) is -0.613.